The van der Waals surface area contributed by atoms with Crippen molar-refractivity contribution in [1.29, 1.82) is 0 Å². The van der Waals surface area contributed by atoms with Gasteiger partial charge in [0, 0.05) is 48.2 Å². The molecule has 5 nitrogen and oxygen atoms in total. The number of carbonyl (C=O) groups is 2. The number of benzene rings is 3. The second-order valence-corrected chi connectivity index (χ2v) is 9.36. The SMILES string of the molecule is O=C(CCc1c(-c2ccc(F)cc2)[nH]c2ccccc12)NCc1cccc(C(=O)N2CCCCC2)c1. The topological polar surface area (TPSA) is 65.2 Å². The van der Waals surface area contributed by atoms with Crippen LogP contribution in [0.25, 0.3) is 22.2 Å². The lowest BCUT2D eigenvalue weighted by molar-refractivity contribution is -0.121. The summed E-state index contributed by atoms with van der Waals surface area (Å²) in [6.07, 6.45) is 4.17. The predicted octanol–water partition coefficient (Wildman–Crippen LogP) is 5.85. The Morgan fingerprint density at radius 3 is 2.50 bits per heavy atom. The van der Waals surface area contributed by atoms with E-state index in [1.807, 2.05) is 53.4 Å². The number of likely N-dealkylation sites (tertiary alicyclic amines) is 1. The molecule has 0 bridgehead atoms. The molecule has 4 aromatic rings. The number of nitrogens with one attached hydrogen (secondary N) is 2. The molecule has 0 radical (unpaired) electrons. The summed E-state index contributed by atoms with van der Waals surface area (Å²) < 4.78 is 13.5. The molecule has 1 aliphatic heterocycles. The fourth-order valence-corrected chi connectivity index (χ4v) is 4.94. The van der Waals surface area contributed by atoms with Crippen molar-refractivity contribution in [2.45, 2.75) is 38.6 Å². The van der Waals surface area contributed by atoms with Gasteiger partial charge >= 0.3 is 0 Å². The molecule has 0 aliphatic carbocycles. The molecule has 3 aromatic carbocycles. The molecule has 0 atom stereocenters. The summed E-state index contributed by atoms with van der Waals surface area (Å²) in [7, 11) is 0. The molecule has 0 unspecified atom stereocenters. The van der Waals surface area contributed by atoms with Crippen LogP contribution >= 0.6 is 0 Å². The van der Waals surface area contributed by atoms with Crippen molar-refractivity contribution in [2.75, 3.05) is 13.1 Å². The highest BCUT2D eigenvalue weighted by molar-refractivity contribution is 5.94. The number of piperidine rings is 1. The Bertz CT molecular complexity index is 1370. The minimum atomic E-state index is -0.280. The van der Waals surface area contributed by atoms with Gasteiger partial charge in [-0.2, -0.15) is 0 Å². The van der Waals surface area contributed by atoms with Gasteiger partial charge in [-0.25, -0.2) is 4.39 Å². The van der Waals surface area contributed by atoms with Crippen molar-refractivity contribution in [3.63, 3.8) is 0 Å². The second-order valence-electron chi connectivity index (χ2n) is 9.36. The first-order chi connectivity index (χ1) is 17.6. The van der Waals surface area contributed by atoms with Crippen molar-refractivity contribution in [3.05, 3.63) is 95.3 Å². The maximum atomic E-state index is 13.5. The standard InChI is InChI=1S/C30H30FN3O2/c31-24-13-11-22(12-14-24)29-26(25-9-2-3-10-27(25)33-29)15-16-28(35)32-20-21-7-6-8-23(19-21)30(36)34-17-4-1-5-18-34/h2-3,6-14,19,33H,1,4-5,15-18,20H2,(H,32,35). The number of aromatic nitrogens is 1. The van der Waals surface area contributed by atoms with Crippen molar-refractivity contribution in [3.8, 4) is 11.3 Å². The van der Waals surface area contributed by atoms with Gasteiger partial charge < -0.3 is 15.2 Å². The monoisotopic (exact) mass is 483 g/mol. The summed E-state index contributed by atoms with van der Waals surface area (Å²) in [6.45, 7) is 2.00. The molecule has 1 aliphatic rings. The summed E-state index contributed by atoms with van der Waals surface area (Å²) in [5.74, 6) is -0.272. The molecule has 1 fully saturated rings. The molecule has 2 heterocycles. The van der Waals surface area contributed by atoms with Gasteiger partial charge in [-0.3, -0.25) is 9.59 Å². The number of halogens is 1. The van der Waals surface area contributed by atoms with E-state index in [1.54, 1.807) is 12.1 Å². The van der Waals surface area contributed by atoms with E-state index < -0.39 is 0 Å². The lowest BCUT2D eigenvalue weighted by Gasteiger charge is -2.26. The largest absolute Gasteiger partial charge is 0.354 e. The van der Waals surface area contributed by atoms with E-state index in [0.717, 1.165) is 59.2 Å². The van der Waals surface area contributed by atoms with Gasteiger partial charge in [0.2, 0.25) is 5.91 Å². The van der Waals surface area contributed by atoms with E-state index in [9.17, 15) is 14.0 Å². The fourth-order valence-electron chi connectivity index (χ4n) is 4.94. The van der Waals surface area contributed by atoms with E-state index in [4.69, 9.17) is 0 Å². The highest BCUT2D eigenvalue weighted by Crippen LogP contribution is 2.31. The number of carbonyl (C=O) groups excluding carboxylic acids is 2. The van der Waals surface area contributed by atoms with Gasteiger partial charge in [0.05, 0.1) is 0 Å². The van der Waals surface area contributed by atoms with Crippen LogP contribution in [0.3, 0.4) is 0 Å². The number of amides is 2. The maximum absolute atomic E-state index is 13.5. The lowest BCUT2D eigenvalue weighted by Crippen LogP contribution is -2.35. The molecule has 36 heavy (non-hydrogen) atoms. The van der Waals surface area contributed by atoms with E-state index in [2.05, 4.69) is 10.3 Å². The Labute approximate surface area is 210 Å². The van der Waals surface area contributed by atoms with E-state index in [0.29, 0.717) is 24.9 Å². The number of para-hydroxylation sites is 1. The Morgan fingerprint density at radius 2 is 1.69 bits per heavy atom. The Balaban J connectivity index is 1.24. The maximum Gasteiger partial charge on any atom is 0.253 e. The predicted molar refractivity (Wildman–Crippen MR) is 140 cm³/mol. The molecule has 0 saturated carbocycles. The van der Waals surface area contributed by atoms with Gasteiger partial charge in [0.25, 0.3) is 5.91 Å². The number of aromatic amines is 1. The smallest absolute Gasteiger partial charge is 0.253 e. The number of hydrogen-bond donors (Lipinski definition) is 2. The summed E-state index contributed by atoms with van der Waals surface area (Å²) in [5.41, 5.74) is 5.41. The van der Waals surface area contributed by atoms with Gasteiger partial charge in [0.15, 0.2) is 0 Å². The average Bonchev–Trinajstić information content (AvgIpc) is 3.30. The quantitative estimate of drug-likeness (QED) is 0.346. The molecule has 1 saturated heterocycles. The third-order valence-electron chi connectivity index (χ3n) is 6.86. The zero-order chi connectivity index (χ0) is 24.9. The molecular weight excluding hydrogens is 453 g/mol. The third-order valence-corrected chi connectivity index (χ3v) is 6.86. The minimum Gasteiger partial charge on any atom is -0.354 e. The van der Waals surface area contributed by atoms with Crippen LogP contribution in [-0.2, 0) is 17.8 Å². The molecule has 184 valence electrons. The van der Waals surface area contributed by atoms with Gasteiger partial charge in [0.1, 0.15) is 5.82 Å². The van der Waals surface area contributed by atoms with Gasteiger partial charge in [-0.1, -0.05) is 30.3 Å². The third kappa shape index (κ3) is 5.33. The summed E-state index contributed by atoms with van der Waals surface area (Å²) in [6, 6.07) is 21.9. The summed E-state index contributed by atoms with van der Waals surface area (Å²) in [4.78, 5) is 30.9. The lowest BCUT2D eigenvalue weighted by atomic mass is 10.0. The number of H-pyrrole nitrogens is 1. The zero-order valence-electron chi connectivity index (χ0n) is 20.2. The van der Waals surface area contributed by atoms with Crippen LogP contribution in [-0.4, -0.2) is 34.8 Å². The average molecular weight is 484 g/mol. The number of hydrogen-bond acceptors (Lipinski definition) is 2. The normalized spacial score (nSPS) is 13.6. The van der Waals surface area contributed by atoms with Gasteiger partial charge in [-0.05, 0) is 84.8 Å². The first-order valence-electron chi connectivity index (χ1n) is 12.6. The van der Waals surface area contributed by atoms with Crippen LogP contribution in [0, 0.1) is 5.82 Å². The van der Waals surface area contributed by atoms with Crippen molar-refractivity contribution >= 4 is 22.7 Å². The molecule has 0 spiro atoms. The second kappa shape index (κ2) is 10.8. The van der Waals surface area contributed by atoms with E-state index >= 15 is 0 Å². The number of aryl methyl sites for hydroxylation is 1. The van der Waals surface area contributed by atoms with Crippen LogP contribution in [0.4, 0.5) is 4.39 Å². The van der Waals surface area contributed by atoms with E-state index in [1.165, 1.54) is 18.6 Å². The van der Waals surface area contributed by atoms with Gasteiger partial charge in [-0.15, -0.1) is 0 Å². The molecule has 5 rings (SSSR count). The zero-order valence-corrected chi connectivity index (χ0v) is 20.2. The van der Waals surface area contributed by atoms with Crippen LogP contribution < -0.4 is 5.32 Å². The highest BCUT2D eigenvalue weighted by Gasteiger charge is 2.18. The Morgan fingerprint density at radius 1 is 0.917 bits per heavy atom. The summed E-state index contributed by atoms with van der Waals surface area (Å²) >= 11 is 0. The first-order valence-corrected chi connectivity index (χ1v) is 12.6. The number of nitrogens with zero attached hydrogens (tertiary/aromatic N) is 1. The van der Waals surface area contributed by atoms with Crippen LogP contribution in [0.5, 0.6) is 0 Å². The van der Waals surface area contributed by atoms with Crippen molar-refractivity contribution in [1.82, 2.24) is 15.2 Å². The molecule has 2 amide bonds. The molecular formula is C30H30FN3O2. The molecule has 6 heteroatoms. The van der Waals surface area contributed by atoms with E-state index in [-0.39, 0.29) is 17.6 Å². The minimum absolute atomic E-state index is 0.0573. The Hall–Kier alpha value is -3.93. The van der Waals surface area contributed by atoms with Crippen LogP contribution in [0.1, 0.15) is 47.2 Å². The Kier molecular flexibility index (Phi) is 7.12. The fraction of sp³-hybridized carbons (Fsp3) is 0.267. The number of rotatable bonds is 7. The molecule has 2 N–H and O–H groups in total. The number of fused-ring (bicyclic) bond motifs is 1. The van der Waals surface area contributed by atoms with Crippen LogP contribution in [0.15, 0.2) is 72.8 Å². The van der Waals surface area contributed by atoms with Crippen molar-refractivity contribution < 1.29 is 14.0 Å². The first kappa shape index (κ1) is 23.8. The summed E-state index contributed by atoms with van der Waals surface area (Å²) in [5, 5.41) is 4.06. The van der Waals surface area contributed by atoms with Crippen LogP contribution in [0.2, 0.25) is 0 Å². The highest BCUT2D eigenvalue weighted by atomic mass is 19.1. The van der Waals surface area contributed by atoms with Crippen molar-refractivity contribution in [2.24, 2.45) is 0 Å². The molecule has 1 aromatic heterocycles.